The molecule has 0 saturated heterocycles. The number of thioether (sulfide) groups is 1. The minimum absolute atomic E-state index is 0.276. The number of benzene rings is 1. The Balaban J connectivity index is 2.63. The Morgan fingerprint density at radius 3 is 2.25 bits per heavy atom. The molecule has 3 N–H and O–H groups in total. The highest BCUT2D eigenvalue weighted by molar-refractivity contribution is 7.98. The van der Waals surface area contributed by atoms with E-state index in [4.69, 9.17) is 5.84 Å². The number of hydrogen-bond donors (Lipinski definition) is 2. The topological polar surface area (TPSA) is 38.0 Å². The van der Waals surface area contributed by atoms with Gasteiger partial charge in [0.15, 0.2) is 0 Å². The molecule has 1 aromatic rings. The first-order chi connectivity index (χ1) is 7.67. The van der Waals surface area contributed by atoms with Crippen molar-refractivity contribution in [2.45, 2.75) is 37.6 Å². The summed E-state index contributed by atoms with van der Waals surface area (Å²) in [6.45, 7) is 4.48. The molecule has 0 aliphatic carbocycles. The van der Waals surface area contributed by atoms with E-state index in [1.54, 1.807) is 11.8 Å². The molecule has 3 heteroatoms. The average Bonchev–Trinajstić information content (AvgIpc) is 2.30. The smallest absolute Gasteiger partial charge is 0.0460 e. The van der Waals surface area contributed by atoms with Crippen LogP contribution in [-0.4, -0.2) is 6.26 Å². The number of nitrogens with two attached hydrogens (primary N) is 1. The van der Waals surface area contributed by atoms with Crippen LogP contribution < -0.4 is 11.3 Å². The second kappa shape index (κ2) is 6.94. The minimum atomic E-state index is 0.276. The largest absolute Gasteiger partial charge is 0.271 e. The van der Waals surface area contributed by atoms with Crippen molar-refractivity contribution < 1.29 is 0 Å². The van der Waals surface area contributed by atoms with Gasteiger partial charge in [0.25, 0.3) is 0 Å². The summed E-state index contributed by atoms with van der Waals surface area (Å²) in [5.41, 5.74) is 4.18. The molecule has 0 aromatic heterocycles. The molecule has 0 radical (unpaired) electrons. The maximum absolute atomic E-state index is 5.61. The van der Waals surface area contributed by atoms with Crippen LogP contribution in [0.4, 0.5) is 0 Å². The molecule has 0 saturated carbocycles. The molecule has 90 valence electrons. The summed E-state index contributed by atoms with van der Waals surface area (Å²) >= 11 is 1.76. The van der Waals surface area contributed by atoms with Gasteiger partial charge in [0.1, 0.15) is 0 Å². The normalized spacial score (nSPS) is 13.1. The first-order valence-electron chi connectivity index (χ1n) is 5.77. The zero-order chi connectivity index (χ0) is 12.0. The van der Waals surface area contributed by atoms with Gasteiger partial charge in [-0.25, -0.2) is 0 Å². The molecule has 0 bridgehead atoms. The van der Waals surface area contributed by atoms with E-state index in [1.165, 1.54) is 16.9 Å². The van der Waals surface area contributed by atoms with Gasteiger partial charge >= 0.3 is 0 Å². The third-order valence-electron chi connectivity index (χ3n) is 2.75. The lowest BCUT2D eigenvalue weighted by atomic mass is 9.98. The van der Waals surface area contributed by atoms with Crippen LogP contribution in [0.15, 0.2) is 29.2 Å². The van der Waals surface area contributed by atoms with E-state index in [1.807, 2.05) is 0 Å². The fourth-order valence-corrected chi connectivity index (χ4v) is 2.09. The van der Waals surface area contributed by atoms with E-state index >= 15 is 0 Å². The number of hydrogen-bond acceptors (Lipinski definition) is 3. The van der Waals surface area contributed by atoms with Gasteiger partial charge in [-0.3, -0.25) is 11.3 Å². The van der Waals surface area contributed by atoms with E-state index < -0.39 is 0 Å². The highest BCUT2D eigenvalue weighted by atomic mass is 32.2. The van der Waals surface area contributed by atoms with Gasteiger partial charge in [-0.05, 0) is 42.7 Å². The summed E-state index contributed by atoms with van der Waals surface area (Å²) in [4.78, 5) is 1.29. The average molecular weight is 238 g/mol. The Morgan fingerprint density at radius 1 is 1.19 bits per heavy atom. The number of nitrogens with one attached hydrogen (secondary N) is 1. The van der Waals surface area contributed by atoms with Crippen molar-refractivity contribution in [3.8, 4) is 0 Å². The van der Waals surface area contributed by atoms with Crippen LogP contribution in [0.2, 0.25) is 0 Å². The quantitative estimate of drug-likeness (QED) is 0.453. The van der Waals surface area contributed by atoms with Gasteiger partial charge in [0, 0.05) is 10.9 Å². The fourth-order valence-electron chi connectivity index (χ4n) is 1.68. The molecular weight excluding hydrogens is 216 g/mol. The molecule has 0 spiro atoms. The van der Waals surface area contributed by atoms with Crippen molar-refractivity contribution in [1.82, 2.24) is 5.43 Å². The molecule has 0 amide bonds. The SMILES string of the molecule is CSc1ccc(C(CCC(C)C)NN)cc1. The first-order valence-corrected chi connectivity index (χ1v) is 7.00. The lowest BCUT2D eigenvalue weighted by Crippen LogP contribution is -2.28. The molecular formula is C13H22N2S. The molecule has 1 rings (SSSR count). The van der Waals surface area contributed by atoms with Gasteiger partial charge in [-0.15, -0.1) is 11.8 Å². The van der Waals surface area contributed by atoms with Crippen molar-refractivity contribution in [1.29, 1.82) is 0 Å². The van der Waals surface area contributed by atoms with Crippen LogP contribution in [-0.2, 0) is 0 Å². The predicted molar refractivity (Wildman–Crippen MR) is 72.4 cm³/mol. The summed E-state index contributed by atoms with van der Waals surface area (Å²) in [7, 11) is 0. The Kier molecular flexibility index (Phi) is 5.88. The van der Waals surface area contributed by atoms with Crippen molar-refractivity contribution >= 4 is 11.8 Å². The summed E-state index contributed by atoms with van der Waals surface area (Å²) in [6.07, 6.45) is 4.37. The molecule has 0 fully saturated rings. The van der Waals surface area contributed by atoms with Gasteiger partial charge < -0.3 is 0 Å². The monoisotopic (exact) mass is 238 g/mol. The van der Waals surface area contributed by atoms with Gasteiger partial charge in [-0.1, -0.05) is 26.0 Å². The van der Waals surface area contributed by atoms with Crippen LogP contribution in [0.25, 0.3) is 0 Å². The number of rotatable bonds is 6. The lowest BCUT2D eigenvalue weighted by molar-refractivity contribution is 0.448. The predicted octanol–water partition coefficient (Wildman–Crippen LogP) is 3.35. The van der Waals surface area contributed by atoms with Crippen LogP contribution in [0.5, 0.6) is 0 Å². The molecule has 1 unspecified atom stereocenters. The Hall–Kier alpha value is -0.510. The lowest BCUT2D eigenvalue weighted by Gasteiger charge is -2.17. The number of hydrazine groups is 1. The Bertz CT molecular complexity index is 295. The molecule has 1 aromatic carbocycles. The highest BCUT2D eigenvalue weighted by Gasteiger charge is 2.09. The summed E-state index contributed by atoms with van der Waals surface area (Å²) in [5, 5.41) is 0. The zero-order valence-corrected chi connectivity index (χ0v) is 11.2. The van der Waals surface area contributed by atoms with Crippen molar-refractivity contribution in [3.05, 3.63) is 29.8 Å². The minimum Gasteiger partial charge on any atom is -0.271 e. The Morgan fingerprint density at radius 2 is 1.81 bits per heavy atom. The first kappa shape index (κ1) is 13.6. The van der Waals surface area contributed by atoms with Crippen LogP contribution in [0, 0.1) is 5.92 Å². The molecule has 16 heavy (non-hydrogen) atoms. The standard InChI is InChI=1S/C13H22N2S/c1-10(2)4-9-13(15-14)11-5-7-12(16-3)8-6-11/h5-8,10,13,15H,4,9,14H2,1-3H3. The summed E-state index contributed by atoms with van der Waals surface area (Å²) in [6, 6.07) is 8.91. The Labute approximate surface area is 103 Å². The van der Waals surface area contributed by atoms with E-state index in [-0.39, 0.29) is 6.04 Å². The van der Waals surface area contributed by atoms with Gasteiger partial charge in [0.2, 0.25) is 0 Å². The third-order valence-corrected chi connectivity index (χ3v) is 3.50. The maximum Gasteiger partial charge on any atom is 0.0460 e. The molecule has 0 aliphatic heterocycles. The van der Waals surface area contributed by atoms with Crippen molar-refractivity contribution in [3.63, 3.8) is 0 Å². The van der Waals surface area contributed by atoms with E-state index in [9.17, 15) is 0 Å². The highest BCUT2D eigenvalue weighted by Crippen LogP contribution is 2.23. The third kappa shape index (κ3) is 4.16. The second-order valence-corrected chi connectivity index (χ2v) is 5.34. The zero-order valence-electron chi connectivity index (χ0n) is 10.4. The fraction of sp³-hybridized carbons (Fsp3) is 0.538. The van der Waals surface area contributed by atoms with Crippen LogP contribution in [0.3, 0.4) is 0 Å². The van der Waals surface area contributed by atoms with Crippen molar-refractivity contribution in [2.75, 3.05) is 6.26 Å². The van der Waals surface area contributed by atoms with Crippen LogP contribution in [0.1, 0.15) is 38.3 Å². The van der Waals surface area contributed by atoms with Gasteiger partial charge in [0.05, 0.1) is 0 Å². The van der Waals surface area contributed by atoms with Crippen LogP contribution >= 0.6 is 11.8 Å². The molecule has 0 aliphatic rings. The molecule has 2 nitrogen and oxygen atoms in total. The van der Waals surface area contributed by atoms with Gasteiger partial charge in [-0.2, -0.15) is 0 Å². The van der Waals surface area contributed by atoms with E-state index in [2.05, 4.69) is 49.8 Å². The summed E-state index contributed by atoms with van der Waals surface area (Å²) in [5.74, 6) is 6.33. The summed E-state index contributed by atoms with van der Waals surface area (Å²) < 4.78 is 0. The van der Waals surface area contributed by atoms with E-state index in [0.717, 1.165) is 12.3 Å². The van der Waals surface area contributed by atoms with E-state index in [0.29, 0.717) is 0 Å². The van der Waals surface area contributed by atoms with Crippen molar-refractivity contribution in [2.24, 2.45) is 11.8 Å². The maximum atomic E-state index is 5.61. The molecule has 0 heterocycles. The second-order valence-electron chi connectivity index (χ2n) is 4.46. The molecule has 1 atom stereocenters.